The lowest BCUT2D eigenvalue weighted by Gasteiger charge is -2.35. The summed E-state index contributed by atoms with van der Waals surface area (Å²) in [7, 11) is 0. The molecular formula is C21H29N5O2. The number of urea groups is 1. The lowest BCUT2D eigenvalue weighted by molar-refractivity contribution is 0.129. The molecule has 1 N–H and O–H groups in total. The van der Waals surface area contributed by atoms with E-state index in [9.17, 15) is 4.79 Å². The van der Waals surface area contributed by atoms with Crippen LogP contribution in [0.25, 0.3) is 11.5 Å². The van der Waals surface area contributed by atoms with Crippen LogP contribution in [0, 0.1) is 6.92 Å². The maximum absolute atomic E-state index is 12.5. The summed E-state index contributed by atoms with van der Waals surface area (Å²) in [5.74, 6) is 1.25. The molecule has 150 valence electrons. The molecule has 2 aliphatic rings. The Morgan fingerprint density at radius 1 is 1.11 bits per heavy atom. The lowest BCUT2D eigenvalue weighted by Crippen LogP contribution is -2.53. The van der Waals surface area contributed by atoms with E-state index in [2.05, 4.69) is 27.3 Å². The minimum absolute atomic E-state index is 0.0905. The number of hydrogen-bond acceptors (Lipinski definition) is 5. The number of amides is 2. The largest absolute Gasteiger partial charge is 0.335 e. The summed E-state index contributed by atoms with van der Waals surface area (Å²) in [6.07, 6.45) is 5.99. The number of carbonyl (C=O) groups excluding carboxylic acids is 1. The zero-order valence-electron chi connectivity index (χ0n) is 16.6. The van der Waals surface area contributed by atoms with Crippen LogP contribution in [0.4, 0.5) is 4.79 Å². The van der Waals surface area contributed by atoms with Gasteiger partial charge in [0.2, 0.25) is 0 Å². The smallest absolute Gasteiger partial charge is 0.317 e. The lowest BCUT2D eigenvalue weighted by atomic mass is 9.96. The summed E-state index contributed by atoms with van der Waals surface area (Å²) in [5, 5.41) is 7.33. The van der Waals surface area contributed by atoms with Crippen molar-refractivity contribution in [2.75, 3.05) is 26.2 Å². The number of nitrogens with one attached hydrogen (secondary N) is 1. The van der Waals surface area contributed by atoms with E-state index in [1.165, 1.54) is 24.8 Å². The molecule has 2 heterocycles. The molecule has 2 aromatic rings. The van der Waals surface area contributed by atoms with Crippen LogP contribution >= 0.6 is 0 Å². The van der Waals surface area contributed by atoms with Crippen LogP contribution in [0.5, 0.6) is 0 Å². The summed E-state index contributed by atoms with van der Waals surface area (Å²) in [6, 6.07) is 8.52. The average Bonchev–Trinajstić information content (AvgIpc) is 3.18. The minimum atomic E-state index is 0.0905. The number of piperazine rings is 1. The second-order valence-electron chi connectivity index (χ2n) is 7.93. The van der Waals surface area contributed by atoms with Crippen molar-refractivity contribution in [2.24, 2.45) is 0 Å². The first-order chi connectivity index (χ1) is 13.7. The molecule has 7 heteroatoms. The number of hydrogen-bond donors (Lipinski definition) is 1. The Balaban J connectivity index is 1.25. The molecular weight excluding hydrogens is 354 g/mol. The summed E-state index contributed by atoms with van der Waals surface area (Å²) in [4.78, 5) is 21.2. The van der Waals surface area contributed by atoms with Gasteiger partial charge >= 0.3 is 6.03 Å². The Kier molecular flexibility index (Phi) is 5.90. The molecule has 0 unspecified atom stereocenters. The predicted octanol–water partition coefficient (Wildman–Crippen LogP) is 3.20. The first-order valence-corrected chi connectivity index (χ1v) is 10.3. The Labute approximate surface area is 166 Å². The Hall–Kier alpha value is -2.41. The van der Waals surface area contributed by atoms with Gasteiger partial charge in [0.1, 0.15) is 0 Å². The normalized spacial score (nSPS) is 19.0. The molecule has 1 aliphatic heterocycles. The number of aromatic nitrogens is 2. The Morgan fingerprint density at radius 3 is 2.54 bits per heavy atom. The van der Waals surface area contributed by atoms with Gasteiger partial charge in [-0.1, -0.05) is 42.1 Å². The van der Waals surface area contributed by atoms with Crippen LogP contribution in [-0.2, 0) is 6.54 Å². The molecule has 1 saturated carbocycles. The van der Waals surface area contributed by atoms with Gasteiger partial charge in [0.15, 0.2) is 5.82 Å². The monoisotopic (exact) mass is 383 g/mol. The highest BCUT2D eigenvalue weighted by Gasteiger charge is 2.24. The van der Waals surface area contributed by atoms with E-state index in [0.717, 1.165) is 44.6 Å². The molecule has 2 amide bonds. The van der Waals surface area contributed by atoms with E-state index in [4.69, 9.17) is 4.52 Å². The van der Waals surface area contributed by atoms with Gasteiger partial charge in [0.25, 0.3) is 5.89 Å². The second-order valence-corrected chi connectivity index (χ2v) is 7.93. The molecule has 1 aromatic heterocycles. The first kappa shape index (κ1) is 18.9. The molecule has 0 atom stereocenters. The summed E-state index contributed by atoms with van der Waals surface area (Å²) in [5.41, 5.74) is 2.14. The van der Waals surface area contributed by atoms with Gasteiger partial charge in [-0.2, -0.15) is 4.98 Å². The summed E-state index contributed by atoms with van der Waals surface area (Å²) < 4.78 is 5.41. The molecule has 0 radical (unpaired) electrons. The number of nitrogens with zero attached hydrogens (tertiary/aromatic N) is 4. The van der Waals surface area contributed by atoms with Gasteiger partial charge < -0.3 is 14.7 Å². The van der Waals surface area contributed by atoms with E-state index in [-0.39, 0.29) is 6.03 Å². The SMILES string of the molecule is Cc1ccc(-c2nc(CN3CCN(C(=O)NC4CCCCC4)CC3)no2)cc1. The molecule has 1 aromatic carbocycles. The Morgan fingerprint density at radius 2 is 1.82 bits per heavy atom. The van der Waals surface area contributed by atoms with Crippen LogP contribution in [0.2, 0.25) is 0 Å². The number of carbonyl (C=O) groups is 1. The van der Waals surface area contributed by atoms with E-state index >= 15 is 0 Å². The average molecular weight is 383 g/mol. The quantitative estimate of drug-likeness (QED) is 0.878. The third-order valence-corrected chi connectivity index (χ3v) is 5.72. The van der Waals surface area contributed by atoms with Crippen LogP contribution in [0.3, 0.4) is 0 Å². The fraction of sp³-hybridized carbons (Fsp3) is 0.571. The van der Waals surface area contributed by atoms with Gasteiger partial charge in [-0.15, -0.1) is 0 Å². The van der Waals surface area contributed by atoms with E-state index in [0.29, 0.717) is 24.3 Å². The van der Waals surface area contributed by atoms with Crippen molar-refractivity contribution in [2.45, 2.75) is 51.6 Å². The van der Waals surface area contributed by atoms with Gasteiger partial charge in [0.05, 0.1) is 6.54 Å². The number of rotatable bonds is 4. The van der Waals surface area contributed by atoms with Gasteiger partial charge in [-0.05, 0) is 31.9 Å². The highest BCUT2D eigenvalue weighted by molar-refractivity contribution is 5.74. The maximum atomic E-state index is 12.5. The standard InChI is InChI=1S/C21H29N5O2/c1-16-7-9-17(10-8-16)20-23-19(24-28-20)15-25-11-13-26(14-12-25)21(27)22-18-5-3-2-4-6-18/h7-10,18H,2-6,11-15H2,1H3,(H,22,27). The van der Waals surface area contributed by atoms with E-state index < -0.39 is 0 Å². The van der Waals surface area contributed by atoms with Crippen LogP contribution in [0.1, 0.15) is 43.5 Å². The topological polar surface area (TPSA) is 74.5 Å². The molecule has 4 rings (SSSR count). The molecule has 28 heavy (non-hydrogen) atoms. The second kappa shape index (κ2) is 8.73. The third-order valence-electron chi connectivity index (χ3n) is 5.72. The van der Waals surface area contributed by atoms with Crippen LogP contribution in [0.15, 0.2) is 28.8 Å². The van der Waals surface area contributed by atoms with E-state index in [1.54, 1.807) is 0 Å². The number of aryl methyl sites for hydroxylation is 1. The molecule has 0 bridgehead atoms. The van der Waals surface area contributed by atoms with Gasteiger partial charge in [-0.25, -0.2) is 4.79 Å². The van der Waals surface area contributed by atoms with Crippen LogP contribution in [-0.4, -0.2) is 58.2 Å². The summed E-state index contributed by atoms with van der Waals surface area (Å²) in [6.45, 7) is 5.83. The van der Waals surface area contributed by atoms with E-state index in [1.807, 2.05) is 29.2 Å². The Bertz CT molecular complexity index is 774. The maximum Gasteiger partial charge on any atom is 0.317 e. The first-order valence-electron chi connectivity index (χ1n) is 10.3. The van der Waals surface area contributed by atoms with Gasteiger partial charge in [0, 0.05) is 37.8 Å². The highest BCUT2D eigenvalue weighted by Crippen LogP contribution is 2.19. The number of benzene rings is 1. The zero-order valence-corrected chi connectivity index (χ0v) is 16.6. The van der Waals surface area contributed by atoms with Crippen LogP contribution < -0.4 is 5.32 Å². The van der Waals surface area contributed by atoms with Crippen molar-refractivity contribution >= 4 is 6.03 Å². The summed E-state index contributed by atoms with van der Waals surface area (Å²) >= 11 is 0. The molecule has 1 saturated heterocycles. The molecule has 7 nitrogen and oxygen atoms in total. The van der Waals surface area contributed by atoms with Crippen molar-refractivity contribution in [3.8, 4) is 11.5 Å². The minimum Gasteiger partial charge on any atom is -0.335 e. The molecule has 2 fully saturated rings. The fourth-order valence-corrected chi connectivity index (χ4v) is 3.95. The predicted molar refractivity (Wildman–Crippen MR) is 107 cm³/mol. The van der Waals surface area contributed by atoms with Crippen molar-refractivity contribution < 1.29 is 9.32 Å². The van der Waals surface area contributed by atoms with Crippen molar-refractivity contribution in [1.82, 2.24) is 25.3 Å². The van der Waals surface area contributed by atoms with Crippen molar-refractivity contribution in [3.63, 3.8) is 0 Å². The molecule has 0 spiro atoms. The highest BCUT2D eigenvalue weighted by atomic mass is 16.5. The fourth-order valence-electron chi connectivity index (χ4n) is 3.95. The van der Waals surface area contributed by atoms with Gasteiger partial charge in [-0.3, -0.25) is 4.90 Å². The van der Waals surface area contributed by atoms with Crippen molar-refractivity contribution in [3.05, 3.63) is 35.7 Å². The third kappa shape index (κ3) is 4.70. The van der Waals surface area contributed by atoms with Crippen molar-refractivity contribution in [1.29, 1.82) is 0 Å². The molecule has 1 aliphatic carbocycles. The zero-order chi connectivity index (χ0) is 19.3.